The molecule has 1 atom stereocenters. The first-order chi connectivity index (χ1) is 6.54. The molecule has 1 aromatic rings. The highest BCUT2D eigenvalue weighted by Crippen LogP contribution is 2.48. The van der Waals surface area contributed by atoms with E-state index in [4.69, 9.17) is 0 Å². The van der Waals surface area contributed by atoms with Gasteiger partial charge in [0.25, 0.3) is 0 Å². The topological polar surface area (TPSA) is 0 Å². The van der Waals surface area contributed by atoms with Gasteiger partial charge in [0.05, 0.1) is 0 Å². The standard InChI is InChI=1S/C8H3F5S/c9-4-3(2-1-14-2)5(10)7(12)8(13)6(4)11/h2H,1H2. The van der Waals surface area contributed by atoms with Crippen LogP contribution in [-0.2, 0) is 0 Å². The Morgan fingerprint density at radius 1 is 0.786 bits per heavy atom. The molecule has 1 heterocycles. The summed E-state index contributed by atoms with van der Waals surface area (Å²) < 4.78 is 63.7. The first kappa shape index (κ1) is 9.76. The van der Waals surface area contributed by atoms with Crippen molar-refractivity contribution in [3.8, 4) is 0 Å². The molecule has 2 rings (SSSR count). The van der Waals surface area contributed by atoms with Crippen LogP contribution in [0.5, 0.6) is 0 Å². The summed E-state index contributed by atoms with van der Waals surface area (Å²) in [5.74, 6) is -8.88. The van der Waals surface area contributed by atoms with Gasteiger partial charge in [0.15, 0.2) is 23.3 Å². The van der Waals surface area contributed by atoms with E-state index >= 15 is 0 Å². The number of rotatable bonds is 1. The predicted octanol–water partition coefficient (Wildman–Crippen LogP) is 3.17. The molecule has 0 nitrogen and oxygen atoms in total. The van der Waals surface area contributed by atoms with E-state index < -0.39 is 39.9 Å². The summed E-state index contributed by atoms with van der Waals surface area (Å²) in [4.78, 5) is 0. The van der Waals surface area contributed by atoms with Crippen molar-refractivity contribution in [1.29, 1.82) is 0 Å². The number of benzene rings is 1. The number of thioether (sulfide) groups is 1. The molecule has 6 heteroatoms. The summed E-state index contributed by atoms with van der Waals surface area (Å²) in [7, 11) is 0. The van der Waals surface area contributed by atoms with Crippen molar-refractivity contribution in [2.24, 2.45) is 0 Å². The molecule has 1 unspecified atom stereocenters. The highest BCUT2D eigenvalue weighted by atomic mass is 32.2. The third-order valence-corrected chi connectivity index (χ3v) is 2.80. The van der Waals surface area contributed by atoms with Gasteiger partial charge in [-0.05, 0) is 0 Å². The van der Waals surface area contributed by atoms with Crippen LogP contribution < -0.4 is 0 Å². The largest absolute Gasteiger partial charge is 0.203 e. The summed E-state index contributed by atoms with van der Waals surface area (Å²) in [6.07, 6.45) is 0. The molecule has 0 spiro atoms. The van der Waals surface area contributed by atoms with Crippen LogP contribution in [-0.4, -0.2) is 5.75 Å². The normalized spacial score (nSPS) is 19.9. The molecule has 0 N–H and O–H groups in total. The van der Waals surface area contributed by atoms with E-state index in [1.165, 1.54) is 0 Å². The van der Waals surface area contributed by atoms with Crippen LogP contribution in [0.2, 0.25) is 0 Å². The van der Waals surface area contributed by atoms with Gasteiger partial charge in [-0.3, -0.25) is 0 Å². The zero-order valence-electron chi connectivity index (χ0n) is 6.58. The van der Waals surface area contributed by atoms with Gasteiger partial charge in [-0.2, -0.15) is 11.8 Å². The Kier molecular flexibility index (Phi) is 2.17. The summed E-state index contributed by atoms with van der Waals surface area (Å²) in [5, 5.41) is -0.598. The van der Waals surface area contributed by atoms with E-state index in [0.717, 1.165) is 11.8 Å². The predicted molar refractivity (Wildman–Crippen MR) is 41.4 cm³/mol. The van der Waals surface area contributed by atoms with Crippen LogP contribution in [0.3, 0.4) is 0 Å². The van der Waals surface area contributed by atoms with Crippen LogP contribution in [0.25, 0.3) is 0 Å². The maximum absolute atomic E-state index is 13.0. The van der Waals surface area contributed by atoms with Gasteiger partial charge >= 0.3 is 0 Å². The summed E-state index contributed by atoms with van der Waals surface area (Å²) in [6.45, 7) is 0. The Morgan fingerprint density at radius 2 is 1.14 bits per heavy atom. The molecule has 0 amide bonds. The molecule has 76 valence electrons. The number of halogens is 5. The summed E-state index contributed by atoms with van der Waals surface area (Å²) in [5.41, 5.74) is -0.702. The Morgan fingerprint density at radius 3 is 1.50 bits per heavy atom. The van der Waals surface area contributed by atoms with Crippen LogP contribution >= 0.6 is 11.8 Å². The van der Waals surface area contributed by atoms with E-state index in [2.05, 4.69) is 0 Å². The van der Waals surface area contributed by atoms with Gasteiger partial charge in [-0.25, -0.2) is 22.0 Å². The number of hydrogen-bond acceptors (Lipinski definition) is 1. The van der Waals surface area contributed by atoms with Crippen LogP contribution in [0.15, 0.2) is 0 Å². The van der Waals surface area contributed by atoms with E-state index in [1.54, 1.807) is 0 Å². The van der Waals surface area contributed by atoms with E-state index in [0.29, 0.717) is 5.75 Å². The molecular weight excluding hydrogens is 223 g/mol. The summed E-state index contributed by atoms with van der Waals surface area (Å²) >= 11 is 1.14. The smallest absolute Gasteiger partial charge is 0.200 e. The molecule has 14 heavy (non-hydrogen) atoms. The van der Waals surface area contributed by atoms with E-state index in [-0.39, 0.29) is 0 Å². The van der Waals surface area contributed by atoms with Crippen molar-refractivity contribution in [3.05, 3.63) is 34.6 Å². The molecule has 1 aliphatic rings. The van der Waals surface area contributed by atoms with E-state index in [1.807, 2.05) is 0 Å². The van der Waals surface area contributed by atoms with Gasteiger partial charge in [-0.1, -0.05) is 0 Å². The fourth-order valence-corrected chi connectivity index (χ4v) is 1.76. The minimum atomic E-state index is -2.10. The molecular formula is C8H3F5S. The lowest BCUT2D eigenvalue weighted by Crippen LogP contribution is -2.05. The van der Waals surface area contributed by atoms with Crippen LogP contribution in [0, 0.1) is 29.1 Å². The first-order valence-corrected chi connectivity index (χ1v) is 4.71. The lowest BCUT2D eigenvalue weighted by Gasteiger charge is -2.05. The van der Waals surface area contributed by atoms with Crippen molar-refractivity contribution in [3.63, 3.8) is 0 Å². The molecule has 0 radical (unpaired) electrons. The average Bonchev–Trinajstić information content (AvgIpc) is 2.96. The van der Waals surface area contributed by atoms with Crippen molar-refractivity contribution >= 4 is 11.8 Å². The fourth-order valence-electron chi connectivity index (χ4n) is 1.12. The Balaban J connectivity index is 2.69. The minimum Gasteiger partial charge on any atom is -0.203 e. The van der Waals surface area contributed by atoms with Gasteiger partial charge in [0, 0.05) is 16.6 Å². The van der Waals surface area contributed by atoms with Crippen molar-refractivity contribution in [2.75, 3.05) is 5.75 Å². The van der Waals surface area contributed by atoms with Crippen molar-refractivity contribution in [2.45, 2.75) is 5.25 Å². The second-order valence-corrected chi connectivity index (χ2v) is 4.04. The minimum absolute atomic E-state index is 0.387. The van der Waals surface area contributed by atoms with Crippen molar-refractivity contribution in [1.82, 2.24) is 0 Å². The Labute approximate surface area is 80.1 Å². The molecule has 1 fully saturated rings. The summed E-state index contributed by atoms with van der Waals surface area (Å²) in [6, 6.07) is 0. The Bertz CT molecular complexity index is 370. The maximum Gasteiger partial charge on any atom is 0.200 e. The van der Waals surface area contributed by atoms with E-state index in [9.17, 15) is 22.0 Å². The third-order valence-electron chi connectivity index (χ3n) is 1.90. The Hall–Kier alpha value is -0.780. The molecule has 0 aromatic heterocycles. The molecule has 1 saturated heterocycles. The van der Waals surface area contributed by atoms with Gasteiger partial charge in [0.2, 0.25) is 5.82 Å². The van der Waals surface area contributed by atoms with Gasteiger partial charge in [0.1, 0.15) is 0 Å². The molecule has 0 bridgehead atoms. The zero-order valence-corrected chi connectivity index (χ0v) is 7.40. The fraction of sp³-hybridized carbons (Fsp3) is 0.250. The SMILES string of the molecule is Fc1c(F)c(F)c(C2CS2)c(F)c1F. The lowest BCUT2D eigenvalue weighted by molar-refractivity contribution is 0.371. The molecule has 1 aromatic carbocycles. The van der Waals surface area contributed by atoms with Crippen LogP contribution in [0.1, 0.15) is 10.8 Å². The van der Waals surface area contributed by atoms with Gasteiger partial charge in [-0.15, -0.1) is 0 Å². The lowest BCUT2D eigenvalue weighted by atomic mass is 10.1. The van der Waals surface area contributed by atoms with Gasteiger partial charge < -0.3 is 0 Å². The highest BCUT2D eigenvalue weighted by Gasteiger charge is 2.36. The molecule has 0 saturated carbocycles. The van der Waals surface area contributed by atoms with Crippen molar-refractivity contribution < 1.29 is 22.0 Å². The molecule has 1 aliphatic heterocycles. The van der Waals surface area contributed by atoms with Crippen LogP contribution in [0.4, 0.5) is 22.0 Å². The zero-order chi connectivity index (χ0) is 10.5. The second kappa shape index (κ2) is 3.12. The monoisotopic (exact) mass is 226 g/mol. The molecule has 0 aliphatic carbocycles. The quantitative estimate of drug-likeness (QED) is 0.307. The third kappa shape index (κ3) is 1.28. The maximum atomic E-state index is 13.0. The first-order valence-electron chi connectivity index (χ1n) is 3.67. The highest BCUT2D eigenvalue weighted by molar-refractivity contribution is 8.06. The number of hydrogen-bond donors (Lipinski definition) is 0. The average molecular weight is 226 g/mol. The second-order valence-electron chi connectivity index (χ2n) is 2.81.